The highest BCUT2D eigenvalue weighted by atomic mass is 19.1. The van der Waals surface area contributed by atoms with Gasteiger partial charge in [-0.3, -0.25) is 0 Å². The minimum absolute atomic E-state index is 0.0180. The predicted octanol–water partition coefficient (Wildman–Crippen LogP) is 1.25. The summed E-state index contributed by atoms with van der Waals surface area (Å²) in [5.74, 6) is -0.297. The number of fused-ring (bicyclic) bond motifs is 1. The molecule has 2 aromatic heterocycles. The molecule has 3 heterocycles. The van der Waals surface area contributed by atoms with Crippen molar-refractivity contribution in [3.8, 4) is 6.07 Å². The lowest BCUT2D eigenvalue weighted by atomic mass is 10.1. The number of nitrogens with zero attached hydrogens (tertiary/aromatic N) is 4. The fourth-order valence-electron chi connectivity index (χ4n) is 2.77. The third kappa shape index (κ3) is 2.85. The molecule has 0 saturated carbocycles. The lowest BCUT2D eigenvalue weighted by molar-refractivity contribution is -0.0136. The zero-order valence-corrected chi connectivity index (χ0v) is 12.8. The monoisotopic (exact) mass is 319 g/mol. The van der Waals surface area contributed by atoms with Crippen molar-refractivity contribution < 1.29 is 14.2 Å². The molecule has 2 atom stereocenters. The predicted molar refractivity (Wildman–Crippen MR) is 80.5 cm³/mol. The Bertz CT molecular complexity index is 754. The van der Waals surface area contributed by atoms with Gasteiger partial charge >= 0.3 is 0 Å². The van der Waals surface area contributed by atoms with E-state index in [1.807, 2.05) is 13.0 Å². The van der Waals surface area contributed by atoms with Crippen molar-refractivity contribution in [3.63, 3.8) is 0 Å². The average Bonchev–Trinajstić information content (AvgIpc) is 2.82. The molecule has 0 radical (unpaired) electrons. The van der Waals surface area contributed by atoms with Gasteiger partial charge in [-0.15, -0.1) is 5.10 Å². The SMILES string of the molecule is CCCc1c(C#N)c(F)c2cnc(N[C@@H]3CCOC[C@H]3O)nn12. The molecule has 8 heteroatoms. The first-order valence-electron chi connectivity index (χ1n) is 7.64. The van der Waals surface area contributed by atoms with Gasteiger partial charge < -0.3 is 15.2 Å². The van der Waals surface area contributed by atoms with E-state index in [-0.39, 0.29) is 23.7 Å². The summed E-state index contributed by atoms with van der Waals surface area (Å²) >= 11 is 0. The van der Waals surface area contributed by atoms with Crippen LogP contribution in [0.25, 0.3) is 5.52 Å². The summed E-state index contributed by atoms with van der Waals surface area (Å²) < 4.78 is 20.9. The molecule has 0 bridgehead atoms. The van der Waals surface area contributed by atoms with Crippen LogP contribution in [0, 0.1) is 17.1 Å². The number of aliphatic hydroxyl groups is 1. The first-order valence-corrected chi connectivity index (χ1v) is 7.64. The molecule has 0 aromatic carbocycles. The Morgan fingerprint density at radius 2 is 2.43 bits per heavy atom. The maximum Gasteiger partial charge on any atom is 0.241 e. The minimum Gasteiger partial charge on any atom is -0.389 e. The van der Waals surface area contributed by atoms with Crippen LogP contribution < -0.4 is 5.32 Å². The van der Waals surface area contributed by atoms with Crippen LogP contribution in [0.4, 0.5) is 10.3 Å². The summed E-state index contributed by atoms with van der Waals surface area (Å²) in [5.41, 5.74) is 0.743. The Labute approximate surface area is 132 Å². The van der Waals surface area contributed by atoms with Crippen LogP contribution in [0.5, 0.6) is 0 Å². The van der Waals surface area contributed by atoms with E-state index in [9.17, 15) is 14.8 Å². The number of ether oxygens (including phenoxy) is 1. The first-order chi connectivity index (χ1) is 11.2. The molecular formula is C15H18FN5O2. The van der Waals surface area contributed by atoms with E-state index in [4.69, 9.17) is 4.74 Å². The molecule has 23 heavy (non-hydrogen) atoms. The molecule has 122 valence electrons. The fourth-order valence-corrected chi connectivity index (χ4v) is 2.77. The van der Waals surface area contributed by atoms with Gasteiger partial charge in [0.15, 0.2) is 5.82 Å². The molecule has 1 fully saturated rings. The van der Waals surface area contributed by atoms with Crippen LogP contribution in [0.2, 0.25) is 0 Å². The van der Waals surface area contributed by atoms with Gasteiger partial charge in [-0.05, 0) is 12.8 Å². The molecule has 1 aliphatic rings. The standard InChI is InChI=1S/C15H18FN5O2/c1-2-3-11-9(6-17)14(16)12-7-18-15(20-21(11)12)19-10-4-5-23-8-13(10)22/h7,10,13,22H,2-5,8H2,1H3,(H,19,20)/t10-,13-/m1/s1. The molecule has 1 saturated heterocycles. The van der Waals surface area contributed by atoms with E-state index in [0.29, 0.717) is 31.1 Å². The Morgan fingerprint density at radius 1 is 1.61 bits per heavy atom. The lowest BCUT2D eigenvalue weighted by Gasteiger charge is -2.28. The molecule has 2 aromatic rings. The van der Waals surface area contributed by atoms with Crippen LogP contribution in [0.15, 0.2) is 6.20 Å². The number of aromatic nitrogens is 3. The number of aryl methyl sites for hydroxylation is 1. The van der Waals surface area contributed by atoms with E-state index in [0.717, 1.165) is 6.42 Å². The van der Waals surface area contributed by atoms with Crippen molar-refractivity contribution >= 4 is 11.5 Å². The fraction of sp³-hybridized carbons (Fsp3) is 0.533. The van der Waals surface area contributed by atoms with E-state index in [1.54, 1.807) is 0 Å². The average molecular weight is 319 g/mol. The Hall–Kier alpha value is -2.24. The van der Waals surface area contributed by atoms with Gasteiger partial charge in [0.25, 0.3) is 0 Å². The first kappa shape index (κ1) is 15.6. The maximum absolute atomic E-state index is 14.3. The Morgan fingerprint density at radius 3 is 3.13 bits per heavy atom. The van der Waals surface area contributed by atoms with Crippen LogP contribution in [0.3, 0.4) is 0 Å². The summed E-state index contributed by atoms with van der Waals surface area (Å²) in [6.07, 6.45) is 2.66. The molecule has 2 N–H and O–H groups in total. The number of nitrogens with one attached hydrogen (secondary N) is 1. The molecule has 0 aliphatic carbocycles. The molecular weight excluding hydrogens is 301 g/mol. The summed E-state index contributed by atoms with van der Waals surface area (Å²) in [6.45, 7) is 2.77. The highest BCUT2D eigenvalue weighted by Crippen LogP contribution is 2.22. The van der Waals surface area contributed by atoms with Crippen LogP contribution >= 0.6 is 0 Å². The molecule has 0 spiro atoms. The third-order valence-corrected chi connectivity index (χ3v) is 3.96. The second-order valence-electron chi connectivity index (χ2n) is 5.56. The van der Waals surface area contributed by atoms with Crippen molar-refractivity contribution in [3.05, 3.63) is 23.3 Å². The zero-order valence-electron chi connectivity index (χ0n) is 12.8. The Balaban J connectivity index is 1.97. The summed E-state index contributed by atoms with van der Waals surface area (Å²) in [5, 5.41) is 26.5. The minimum atomic E-state index is -0.644. The number of halogens is 1. The van der Waals surface area contributed by atoms with Crippen LogP contribution in [-0.4, -0.2) is 45.1 Å². The number of anilines is 1. The van der Waals surface area contributed by atoms with Gasteiger partial charge in [-0.2, -0.15) is 5.26 Å². The van der Waals surface area contributed by atoms with Crippen molar-refractivity contribution in [2.75, 3.05) is 18.5 Å². The van der Waals surface area contributed by atoms with Gasteiger partial charge in [0, 0.05) is 6.61 Å². The third-order valence-electron chi connectivity index (χ3n) is 3.96. The normalized spacial score (nSPS) is 21.3. The van der Waals surface area contributed by atoms with Crippen molar-refractivity contribution in [2.45, 2.75) is 38.3 Å². The van der Waals surface area contributed by atoms with Crippen LogP contribution in [0.1, 0.15) is 31.0 Å². The summed E-state index contributed by atoms with van der Waals surface area (Å²) in [6, 6.07) is 1.69. The lowest BCUT2D eigenvalue weighted by Crippen LogP contribution is -2.42. The molecule has 1 aliphatic heterocycles. The van der Waals surface area contributed by atoms with Gasteiger partial charge in [0.1, 0.15) is 17.1 Å². The quantitative estimate of drug-likeness (QED) is 0.881. The van der Waals surface area contributed by atoms with Crippen molar-refractivity contribution in [2.24, 2.45) is 0 Å². The number of rotatable bonds is 4. The zero-order chi connectivity index (χ0) is 16.4. The molecule has 0 amide bonds. The number of hydrogen-bond donors (Lipinski definition) is 2. The second kappa shape index (κ2) is 6.48. The van der Waals surface area contributed by atoms with Gasteiger partial charge in [0.2, 0.25) is 5.95 Å². The highest BCUT2D eigenvalue weighted by Gasteiger charge is 2.25. The number of hydrogen-bond acceptors (Lipinski definition) is 6. The van der Waals surface area contributed by atoms with Gasteiger partial charge in [-0.25, -0.2) is 13.9 Å². The highest BCUT2D eigenvalue weighted by molar-refractivity contribution is 5.57. The van der Waals surface area contributed by atoms with Gasteiger partial charge in [0.05, 0.1) is 30.6 Å². The summed E-state index contributed by atoms with van der Waals surface area (Å²) in [4.78, 5) is 4.10. The summed E-state index contributed by atoms with van der Waals surface area (Å²) in [7, 11) is 0. The van der Waals surface area contributed by atoms with E-state index in [1.165, 1.54) is 10.7 Å². The van der Waals surface area contributed by atoms with Gasteiger partial charge in [-0.1, -0.05) is 13.3 Å². The maximum atomic E-state index is 14.3. The molecule has 0 unspecified atom stereocenters. The number of aliphatic hydroxyl groups excluding tert-OH is 1. The Kier molecular flexibility index (Phi) is 4.41. The van der Waals surface area contributed by atoms with Crippen molar-refractivity contribution in [1.29, 1.82) is 5.26 Å². The second-order valence-corrected chi connectivity index (χ2v) is 5.56. The largest absolute Gasteiger partial charge is 0.389 e. The molecule has 7 nitrogen and oxygen atoms in total. The molecule has 3 rings (SSSR count). The van der Waals surface area contributed by atoms with E-state index in [2.05, 4.69) is 15.4 Å². The van der Waals surface area contributed by atoms with E-state index >= 15 is 0 Å². The van der Waals surface area contributed by atoms with E-state index < -0.39 is 11.9 Å². The van der Waals surface area contributed by atoms with Crippen molar-refractivity contribution in [1.82, 2.24) is 14.6 Å². The number of nitriles is 1. The topological polar surface area (TPSA) is 95.5 Å². The van der Waals surface area contributed by atoms with Crippen LogP contribution in [-0.2, 0) is 11.2 Å². The smallest absolute Gasteiger partial charge is 0.241 e.